The third-order valence-electron chi connectivity index (χ3n) is 6.55. The Balaban J connectivity index is 1.72. The lowest BCUT2D eigenvalue weighted by atomic mass is 9.96. The number of methoxy groups -OCH3 is 2. The van der Waals surface area contributed by atoms with Gasteiger partial charge in [0.2, 0.25) is 0 Å². The van der Waals surface area contributed by atoms with E-state index in [9.17, 15) is 46.0 Å². The third-order valence-corrected chi connectivity index (χ3v) is 6.55. The molecule has 0 spiro atoms. The highest BCUT2D eigenvalue weighted by Crippen LogP contribution is 2.32. The van der Waals surface area contributed by atoms with Crippen molar-refractivity contribution in [2.24, 2.45) is 0 Å². The first-order valence-electron chi connectivity index (χ1n) is 11.4. The van der Waals surface area contributed by atoms with Gasteiger partial charge in [0, 0.05) is 14.2 Å². The molecule has 6 unspecified atom stereocenters. The molecule has 0 aromatic heterocycles. The van der Waals surface area contributed by atoms with Crippen molar-refractivity contribution < 1.29 is 79.1 Å². The standard InChI is InChI=1S/C20H36O16/c1-30-15-6(3-21)33-19(13(28)9(15)24)36-17-8(5-23)34-20(14(29)11(17)26)35-16-7(4-22)32-18(31-2)12(27)10(16)25/h6-29H,3-5H2,1-2H3/t6?,7?,8?,9-,10-,11?,12?,13?,14-,15-,16-,17+,18-,19+,20-/m1/s1. The molecule has 0 aliphatic carbocycles. The number of rotatable bonds is 9. The molecule has 0 amide bonds. The topological polar surface area (TPSA) is 247 Å². The van der Waals surface area contributed by atoms with Crippen LogP contribution < -0.4 is 0 Å². The van der Waals surface area contributed by atoms with E-state index in [1.807, 2.05) is 0 Å². The van der Waals surface area contributed by atoms with Crippen LogP contribution in [0.1, 0.15) is 0 Å². The number of hydrogen-bond acceptors (Lipinski definition) is 16. The molecule has 0 bridgehead atoms. The molecule has 3 aliphatic rings. The van der Waals surface area contributed by atoms with Gasteiger partial charge in [-0.15, -0.1) is 0 Å². The monoisotopic (exact) mass is 532 g/mol. The summed E-state index contributed by atoms with van der Waals surface area (Å²) >= 11 is 0. The first kappa shape index (κ1) is 29.9. The van der Waals surface area contributed by atoms with Gasteiger partial charge in [-0.1, -0.05) is 0 Å². The first-order valence-corrected chi connectivity index (χ1v) is 11.4. The Labute approximate surface area is 206 Å². The van der Waals surface area contributed by atoms with Crippen molar-refractivity contribution >= 4 is 0 Å². The van der Waals surface area contributed by atoms with Gasteiger partial charge in [0.1, 0.15) is 73.2 Å². The van der Waals surface area contributed by atoms with E-state index in [0.717, 1.165) is 0 Å². The normalized spacial score (nSPS) is 50.2. The average molecular weight is 532 g/mol. The van der Waals surface area contributed by atoms with Gasteiger partial charge in [-0.05, 0) is 0 Å². The van der Waals surface area contributed by atoms with Crippen LogP contribution in [0, 0.1) is 0 Å². The van der Waals surface area contributed by atoms with Crippen molar-refractivity contribution in [3.8, 4) is 0 Å². The smallest absolute Gasteiger partial charge is 0.187 e. The molecule has 16 nitrogen and oxygen atoms in total. The van der Waals surface area contributed by atoms with E-state index in [4.69, 9.17) is 33.2 Å². The number of hydrogen-bond donors (Lipinski definition) is 9. The number of ether oxygens (including phenoxy) is 7. The van der Waals surface area contributed by atoms with Crippen LogP contribution in [-0.2, 0) is 33.2 Å². The summed E-state index contributed by atoms with van der Waals surface area (Å²) in [4.78, 5) is 0. The minimum Gasteiger partial charge on any atom is -0.394 e. The molecule has 0 saturated carbocycles. The summed E-state index contributed by atoms with van der Waals surface area (Å²) in [6, 6.07) is 0. The molecule has 3 aliphatic heterocycles. The SMILES string of the molecule is CO[C@@H]1OC(CO)[C@@H](O[C@H]2OC(CO)[C@H](O[C@@H]3OC(CO)[C@@H](OC)[C@H](O)C3O)C(O)[C@H]2O)[C@H](O)C1O. The first-order chi connectivity index (χ1) is 17.1. The predicted octanol–water partition coefficient (Wildman–Crippen LogP) is -6.26. The summed E-state index contributed by atoms with van der Waals surface area (Å²) in [5.41, 5.74) is 0. The summed E-state index contributed by atoms with van der Waals surface area (Å²) in [6.45, 7) is -2.03. The number of aliphatic hydroxyl groups excluding tert-OH is 9. The zero-order valence-electron chi connectivity index (χ0n) is 19.7. The van der Waals surface area contributed by atoms with E-state index in [1.54, 1.807) is 0 Å². The van der Waals surface area contributed by atoms with Gasteiger partial charge in [0.05, 0.1) is 19.8 Å². The zero-order valence-corrected chi connectivity index (χ0v) is 19.7. The van der Waals surface area contributed by atoms with Crippen LogP contribution in [0.2, 0.25) is 0 Å². The molecule has 3 fully saturated rings. The largest absolute Gasteiger partial charge is 0.394 e. The van der Waals surface area contributed by atoms with Gasteiger partial charge in [0.25, 0.3) is 0 Å². The summed E-state index contributed by atoms with van der Waals surface area (Å²) in [7, 11) is 2.46. The lowest BCUT2D eigenvalue weighted by molar-refractivity contribution is -0.379. The Bertz CT molecular complexity index is 666. The Morgan fingerprint density at radius 2 is 0.806 bits per heavy atom. The highest BCUT2D eigenvalue weighted by Gasteiger charge is 2.53. The lowest BCUT2D eigenvalue weighted by Gasteiger charge is -2.48. The van der Waals surface area contributed by atoms with Gasteiger partial charge in [0.15, 0.2) is 18.9 Å². The van der Waals surface area contributed by atoms with E-state index < -0.39 is 112 Å². The van der Waals surface area contributed by atoms with Gasteiger partial charge in [-0.25, -0.2) is 0 Å². The van der Waals surface area contributed by atoms with Crippen molar-refractivity contribution in [1.29, 1.82) is 0 Å². The molecule has 3 saturated heterocycles. The molecule has 3 heterocycles. The fraction of sp³-hybridized carbons (Fsp3) is 1.00. The second-order valence-electron chi connectivity index (χ2n) is 8.76. The molecule has 15 atom stereocenters. The fourth-order valence-electron chi connectivity index (χ4n) is 4.51. The maximum absolute atomic E-state index is 10.7. The molecule has 9 N–H and O–H groups in total. The van der Waals surface area contributed by atoms with Crippen molar-refractivity contribution in [3.05, 3.63) is 0 Å². The highest BCUT2D eigenvalue weighted by molar-refractivity contribution is 4.96. The second-order valence-corrected chi connectivity index (χ2v) is 8.76. The molecule has 36 heavy (non-hydrogen) atoms. The molecular weight excluding hydrogens is 496 g/mol. The fourth-order valence-corrected chi connectivity index (χ4v) is 4.51. The molecule has 16 heteroatoms. The molecule has 212 valence electrons. The molecule has 0 aromatic rings. The highest BCUT2D eigenvalue weighted by atomic mass is 16.8. The van der Waals surface area contributed by atoms with E-state index in [0.29, 0.717) is 0 Å². The van der Waals surface area contributed by atoms with Crippen molar-refractivity contribution in [2.45, 2.75) is 92.1 Å². The van der Waals surface area contributed by atoms with Crippen LogP contribution in [0.5, 0.6) is 0 Å². The van der Waals surface area contributed by atoms with Crippen molar-refractivity contribution in [1.82, 2.24) is 0 Å². The van der Waals surface area contributed by atoms with Crippen LogP contribution >= 0.6 is 0 Å². The zero-order chi connectivity index (χ0) is 26.7. The van der Waals surface area contributed by atoms with Gasteiger partial charge in [-0.3, -0.25) is 0 Å². The Hall–Kier alpha value is -0.640. The Morgan fingerprint density at radius 3 is 1.17 bits per heavy atom. The quantitative estimate of drug-likeness (QED) is 0.134. The molecular formula is C20H36O16. The van der Waals surface area contributed by atoms with E-state index in [1.165, 1.54) is 14.2 Å². The van der Waals surface area contributed by atoms with E-state index in [-0.39, 0.29) is 0 Å². The minimum atomic E-state index is -1.85. The summed E-state index contributed by atoms with van der Waals surface area (Å²) < 4.78 is 37.3. The van der Waals surface area contributed by atoms with Gasteiger partial charge < -0.3 is 79.1 Å². The summed E-state index contributed by atoms with van der Waals surface area (Å²) in [5, 5.41) is 91.6. The van der Waals surface area contributed by atoms with E-state index >= 15 is 0 Å². The summed E-state index contributed by atoms with van der Waals surface area (Å²) in [6.07, 6.45) is -22.4. The predicted molar refractivity (Wildman–Crippen MR) is 111 cm³/mol. The molecule has 0 radical (unpaired) electrons. The maximum atomic E-state index is 10.7. The van der Waals surface area contributed by atoms with Crippen LogP contribution in [0.25, 0.3) is 0 Å². The minimum absolute atomic E-state index is 0.596. The maximum Gasteiger partial charge on any atom is 0.187 e. The molecule has 0 aromatic carbocycles. The number of aliphatic hydroxyl groups is 9. The van der Waals surface area contributed by atoms with Crippen LogP contribution in [-0.4, -0.2) is 172 Å². The van der Waals surface area contributed by atoms with Crippen LogP contribution in [0.4, 0.5) is 0 Å². The van der Waals surface area contributed by atoms with Gasteiger partial charge >= 0.3 is 0 Å². The average Bonchev–Trinajstić information content (AvgIpc) is 2.88. The Morgan fingerprint density at radius 1 is 0.472 bits per heavy atom. The van der Waals surface area contributed by atoms with Gasteiger partial charge in [-0.2, -0.15) is 0 Å². The van der Waals surface area contributed by atoms with Crippen molar-refractivity contribution in [3.63, 3.8) is 0 Å². The lowest BCUT2D eigenvalue weighted by Crippen LogP contribution is -2.66. The summed E-state index contributed by atoms with van der Waals surface area (Å²) in [5.74, 6) is 0. The van der Waals surface area contributed by atoms with Crippen molar-refractivity contribution in [2.75, 3.05) is 34.0 Å². The second kappa shape index (κ2) is 12.9. The van der Waals surface area contributed by atoms with Crippen LogP contribution in [0.15, 0.2) is 0 Å². The Kier molecular flexibility index (Phi) is 10.8. The van der Waals surface area contributed by atoms with E-state index in [2.05, 4.69) is 0 Å². The third kappa shape index (κ3) is 5.84. The van der Waals surface area contributed by atoms with Crippen LogP contribution in [0.3, 0.4) is 0 Å². The molecule has 3 rings (SSSR count).